The highest BCUT2D eigenvalue weighted by atomic mass is 16.5. The van der Waals surface area contributed by atoms with Crippen molar-refractivity contribution >= 4 is 97.5 Å². The molecular weight excluding hydrogens is 1840 g/mol. The molecule has 0 aliphatic carbocycles. The molecule has 0 atom stereocenters. The van der Waals surface area contributed by atoms with Gasteiger partial charge in [0.1, 0.15) is 0 Å². The first-order valence-electron chi connectivity index (χ1n) is 53.3. The first-order chi connectivity index (χ1) is 71.5. The quantitative estimate of drug-likeness (QED) is 0.0163. The lowest BCUT2D eigenvalue weighted by Gasteiger charge is -2.20. The van der Waals surface area contributed by atoms with Crippen LogP contribution in [0.3, 0.4) is 0 Å². The molecule has 816 valence electrons. The largest absolute Gasteiger partial charge is 0.631 e. The molecule has 0 bridgehead atoms. The lowest BCUT2D eigenvalue weighted by molar-refractivity contribution is 0.276. The van der Waals surface area contributed by atoms with E-state index in [1.807, 2.05) is 72.8 Å². The van der Waals surface area contributed by atoms with Gasteiger partial charge in [-0.3, -0.25) is 0 Å². The minimum atomic E-state index is -2.17. The minimum absolute atomic E-state index is 1.08. The zero-order valence-electron chi connectivity index (χ0n) is 94.7. The highest BCUT2D eigenvalue weighted by Gasteiger charge is 2.08. The molecule has 0 saturated carbocycles. The van der Waals surface area contributed by atoms with Crippen LogP contribution in [0.25, 0.3) is 0 Å². The topological polar surface area (TPSA) is 282 Å². The van der Waals surface area contributed by atoms with Crippen molar-refractivity contribution in [2.45, 2.75) is 166 Å². The second-order valence-corrected chi connectivity index (χ2v) is 31.5. The van der Waals surface area contributed by atoms with E-state index in [9.17, 15) is 0 Å². The number of nitrogens with zero attached hydrogens (tertiary/aromatic N) is 12. The molecule has 24 nitrogen and oxygen atoms in total. The maximum atomic E-state index is 7.17. The molecule has 0 spiro atoms. The molecule has 0 amide bonds. The van der Waals surface area contributed by atoms with Crippen LogP contribution >= 0.6 is 0 Å². The number of hydrogen-bond acceptors (Lipinski definition) is 24. The maximum Gasteiger partial charge on any atom is 0.631 e. The molecule has 12 aromatic rings. The molecule has 0 aromatic heterocycles. The normalized spacial score (nSPS) is 9.32. The summed E-state index contributed by atoms with van der Waals surface area (Å²) in [6.45, 7) is 78.3. The molecule has 12 N–H and O–H groups in total. The van der Waals surface area contributed by atoms with E-state index in [2.05, 4.69) is 516 Å². The Bertz CT molecular complexity index is 3570. The number of rotatable bonds is 36. The zero-order chi connectivity index (χ0) is 112. The van der Waals surface area contributed by atoms with Gasteiger partial charge in [0, 0.05) is 225 Å². The van der Waals surface area contributed by atoms with Gasteiger partial charge in [0.15, 0.2) is 0 Å². The van der Waals surface area contributed by atoms with Crippen molar-refractivity contribution in [3.63, 3.8) is 0 Å². The third-order valence-corrected chi connectivity index (χ3v) is 22.6. The third-order valence-electron chi connectivity index (χ3n) is 22.6. The summed E-state index contributed by atoms with van der Waals surface area (Å²) >= 11 is 0. The summed E-state index contributed by atoms with van der Waals surface area (Å²) < 4.78 is 0. The van der Waals surface area contributed by atoms with Gasteiger partial charge in [0.25, 0.3) is 0 Å². The van der Waals surface area contributed by atoms with E-state index in [-0.39, 0.29) is 0 Å². The first kappa shape index (κ1) is 142. The number of benzene rings is 12. The highest BCUT2D eigenvalue weighted by Crippen LogP contribution is 2.21. The van der Waals surface area contributed by atoms with Crippen molar-refractivity contribution in [2.24, 2.45) is 0 Å². The van der Waals surface area contributed by atoms with Gasteiger partial charge in [-0.2, -0.15) is 0 Å². The van der Waals surface area contributed by atoms with Gasteiger partial charge in [-0.15, -0.1) is 0 Å². The summed E-state index contributed by atoms with van der Waals surface area (Å²) in [7, 11) is -8.67. The first-order valence-corrected chi connectivity index (χ1v) is 53.3. The van der Waals surface area contributed by atoms with Crippen LogP contribution in [0.2, 0.25) is 0 Å². The van der Waals surface area contributed by atoms with E-state index < -0.39 is 29.3 Å². The maximum absolute atomic E-state index is 7.17. The molecular formula is C120H192B4N12O12. The Kier molecular flexibility index (Phi) is 95.8. The Morgan fingerprint density at radius 2 is 0.142 bits per heavy atom. The van der Waals surface area contributed by atoms with Gasteiger partial charge < -0.3 is 119 Å². The van der Waals surface area contributed by atoms with Crippen LogP contribution in [-0.4, -0.2) is 247 Å². The molecule has 0 unspecified atom stereocenters. The van der Waals surface area contributed by atoms with Crippen molar-refractivity contribution in [3.05, 3.63) is 364 Å². The van der Waals surface area contributed by atoms with Gasteiger partial charge in [-0.25, -0.2) is 0 Å². The fourth-order valence-electron chi connectivity index (χ4n) is 14.7. The van der Waals surface area contributed by atoms with Crippen molar-refractivity contribution in [3.8, 4) is 0 Å². The fraction of sp³-hybridized carbons (Fsp3) is 0.400. The Labute approximate surface area is 898 Å². The van der Waals surface area contributed by atoms with Crippen molar-refractivity contribution in [1.82, 2.24) is 0 Å². The van der Waals surface area contributed by atoms with Crippen LogP contribution in [0.1, 0.15) is 166 Å². The molecule has 0 radical (unpaired) electrons. The molecule has 0 saturated heterocycles. The zero-order valence-corrected chi connectivity index (χ0v) is 94.7. The molecule has 0 fully saturated rings. The van der Waals surface area contributed by atoms with Gasteiger partial charge >= 0.3 is 29.3 Å². The lowest BCUT2D eigenvalue weighted by atomic mass is 10.3. The van der Waals surface area contributed by atoms with Crippen LogP contribution < -0.4 is 58.8 Å². The van der Waals surface area contributed by atoms with Crippen molar-refractivity contribution < 1.29 is 60.3 Å². The van der Waals surface area contributed by atoms with Gasteiger partial charge in [0.05, 0.1) is 0 Å². The van der Waals surface area contributed by atoms with E-state index in [0.29, 0.717) is 0 Å². The summed E-state index contributed by atoms with van der Waals surface area (Å²) in [5.74, 6) is 0. The summed E-state index contributed by atoms with van der Waals surface area (Å²) in [6.07, 6.45) is 0. The summed E-state index contributed by atoms with van der Waals surface area (Å²) in [5.41, 5.74) is 15.8. The highest BCUT2D eigenvalue weighted by molar-refractivity contribution is 6.31. The SMILES string of the molecule is CCN(CC)c1ccccc1.CCN(CC)c1ccccc1.CCN(CC)c1ccccc1.CCN(CC)c1ccccc1.CCN(CC)c1ccccc1.CCN(CC)c1ccccc1.CCN(CC)c1ccccc1.CCN(CC)c1ccccc1.CCN(CC)c1ccccc1.CCN(CC)c1ccccc1.CCN(CC)c1ccccc1.CCN(CC)c1ccccc1.OB(O)O.OB(O)O.OB(O)O.OB(O)O. The van der Waals surface area contributed by atoms with Crippen LogP contribution in [0.5, 0.6) is 0 Å². The summed E-state index contributed by atoms with van der Waals surface area (Å²) in [5, 5.41) is 86.0. The average Bonchev–Trinajstić information content (AvgIpc) is 0.992. The summed E-state index contributed by atoms with van der Waals surface area (Å²) in [6, 6.07) is 126. The summed E-state index contributed by atoms with van der Waals surface area (Å²) in [4.78, 5) is 28.0. The Hall–Kier alpha value is -12.0. The van der Waals surface area contributed by atoms with Gasteiger partial charge in [0.2, 0.25) is 0 Å². The van der Waals surface area contributed by atoms with Crippen LogP contribution in [0.15, 0.2) is 364 Å². The second kappa shape index (κ2) is 99.6. The molecule has 0 aliphatic rings. The Morgan fingerprint density at radius 3 is 0.176 bits per heavy atom. The van der Waals surface area contributed by atoms with Crippen LogP contribution in [-0.2, 0) is 0 Å². The van der Waals surface area contributed by atoms with E-state index in [0.717, 1.165) is 157 Å². The van der Waals surface area contributed by atoms with Crippen molar-refractivity contribution in [1.29, 1.82) is 0 Å². The van der Waals surface area contributed by atoms with Crippen LogP contribution in [0, 0.1) is 0 Å². The molecule has 12 aromatic carbocycles. The smallest absolute Gasteiger partial charge is 0.402 e. The number of para-hydroxylation sites is 12. The second-order valence-electron chi connectivity index (χ2n) is 31.5. The standard InChI is InChI=1S/12C10H15N.4BH3O3/c12*1-3-11(4-2)10-8-6-5-7-9-10;4*2-1(3)4/h12*5-9H,3-4H2,1-2H3;4*2-4H. The minimum Gasteiger partial charge on any atom is -0.402 e. The van der Waals surface area contributed by atoms with E-state index >= 15 is 0 Å². The predicted octanol–water partition coefficient (Wildman–Crippen LogP) is 22.2. The van der Waals surface area contributed by atoms with Crippen molar-refractivity contribution in [2.75, 3.05) is 216 Å². The average molecular weight is 2040 g/mol. The predicted molar refractivity (Wildman–Crippen MR) is 650 cm³/mol. The third kappa shape index (κ3) is 73.2. The molecule has 0 heterocycles. The molecule has 28 heteroatoms. The lowest BCUT2D eigenvalue weighted by Crippen LogP contribution is -2.21. The van der Waals surface area contributed by atoms with E-state index in [1.165, 1.54) is 68.2 Å². The molecule has 12 rings (SSSR count). The number of hydrogen-bond donors (Lipinski definition) is 12. The van der Waals surface area contributed by atoms with Crippen LogP contribution in [0.4, 0.5) is 68.2 Å². The number of anilines is 12. The Morgan fingerprint density at radius 1 is 0.101 bits per heavy atom. The van der Waals surface area contributed by atoms with Gasteiger partial charge in [-0.1, -0.05) is 218 Å². The fourth-order valence-corrected chi connectivity index (χ4v) is 14.7. The molecule has 0 aliphatic heterocycles. The molecule has 148 heavy (non-hydrogen) atoms. The van der Waals surface area contributed by atoms with E-state index in [1.54, 1.807) is 0 Å². The Balaban J connectivity index is -0.000000754. The monoisotopic (exact) mass is 2040 g/mol. The van der Waals surface area contributed by atoms with Gasteiger partial charge in [-0.05, 0) is 312 Å². The van der Waals surface area contributed by atoms with E-state index in [4.69, 9.17) is 60.3 Å².